The summed E-state index contributed by atoms with van der Waals surface area (Å²) in [6.07, 6.45) is -1.82. The topological polar surface area (TPSA) is 162 Å². The molecule has 4 N–H and O–H groups in total. The number of nitrogens with zero attached hydrogens (tertiary/aromatic N) is 1. The second-order valence-electron chi connectivity index (χ2n) is 13.5. The molecule has 0 unspecified atom stereocenters. The maximum absolute atomic E-state index is 14.1. The summed E-state index contributed by atoms with van der Waals surface area (Å²) in [5.41, 5.74) is 2.62. The van der Waals surface area contributed by atoms with Crippen molar-refractivity contribution < 1.29 is 32.7 Å². The van der Waals surface area contributed by atoms with E-state index in [9.17, 15) is 32.7 Å². The Kier molecular flexibility index (Phi) is 12.1. The number of aryl methyl sites for hydroxylation is 1. The number of nitrogens with one attached hydrogen (secondary N) is 3. The lowest BCUT2D eigenvalue weighted by molar-refractivity contribution is -0.148. The molecule has 4 amide bonds. The SMILES string of the molecule is CC(=O)N[C@H](CS(=O)(=O)c1ccc2ccccc2c1)C(=O)N[C@@H](Cc1ccccc1)[C@H](O)C(=O)N1CSC(C)(C)[C@H]1C(=O)NCc1ccccc1C. The van der Waals surface area contributed by atoms with E-state index < -0.39 is 62.3 Å². The third kappa shape index (κ3) is 9.19. The summed E-state index contributed by atoms with van der Waals surface area (Å²) >= 11 is 1.39. The molecule has 11 nitrogen and oxygen atoms in total. The summed E-state index contributed by atoms with van der Waals surface area (Å²) in [6, 6.07) is 24.7. The van der Waals surface area contributed by atoms with E-state index in [2.05, 4.69) is 16.0 Å². The van der Waals surface area contributed by atoms with Crippen molar-refractivity contribution >= 4 is 56.0 Å². The van der Waals surface area contributed by atoms with Gasteiger partial charge in [0.1, 0.15) is 12.1 Å². The molecule has 0 radical (unpaired) electrons. The molecule has 52 heavy (non-hydrogen) atoms. The molecule has 4 aromatic carbocycles. The van der Waals surface area contributed by atoms with E-state index in [1.165, 1.54) is 35.7 Å². The van der Waals surface area contributed by atoms with Gasteiger partial charge in [-0.3, -0.25) is 19.2 Å². The van der Waals surface area contributed by atoms with Gasteiger partial charge in [0.25, 0.3) is 5.91 Å². The number of amides is 4. The fourth-order valence-corrected chi connectivity index (χ4v) is 8.93. The molecule has 1 aliphatic rings. The maximum atomic E-state index is 14.1. The summed E-state index contributed by atoms with van der Waals surface area (Å²) in [7, 11) is -4.10. The van der Waals surface area contributed by atoms with Gasteiger partial charge in [-0.15, -0.1) is 11.8 Å². The number of fused-ring (bicyclic) bond motifs is 1. The van der Waals surface area contributed by atoms with Gasteiger partial charge in [0.2, 0.25) is 17.7 Å². The summed E-state index contributed by atoms with van der Waals surface area (Å²) in [6.45, 7) is 7.07. The van der Waals surface area contributed by atoms with E-state index in [-0.39, 0.29) is 29.6 Å². The van der Waals surface area contributed by atoms with E-state index in [0.29, 0.717) is 10.9 Å². The Balaban J connectivity index is 1.38. The number of carbonyl (C=O) groups excluding carboxylic acids is 4. The van der Waals surface area contributed by atoms with Gasteiger partial charge in [-0.25, -0.2) is 8.42 Å². The van der Waals surface area contributed by atoms with Gasteiger partial charge in [-0.2, -0.15) is 0 Å². The molecule has 274 valence electrons. The largest absolute Gasteiger partial charge is 0.381 e. The van der Waals surface area contributed by atoms with Gasteiger partial charge < -0.3 is 26.0 Å². The lowest BCUT2D eigenvalue weighted by Gasteiger charge is -2.33. The minimum Gasteiger partial charge on any atom is -0.381 e. The van der Waals surface area contributed by atoms with Crippen molar-refractivity contribution in [2.75, 3.05) is 11.6 Å². The molecule has 1 saturated heterocycles. The van der Waals surface area contributed by atoms with Crippen LogP contribution in [-0.4, -0.2) is 82.7 Å². The molecule has 0 aliphatic carbocycles. The Hall–Kier alpha value is -4.72. The lowest BCUT2D eigenvalue weighted by Crippen LogP contribution is -2.60. The van der Waals surface area contributed by atoms with E-state index in [0.717, 1.165) is 16.5 Å². The van der Waals surface area contributed by atoms with Crippen LogP contribution < -0.4 is 16.0 Å². The van der Waals surface area contributed by atoms with Crippen LogP contribution in [0.2, 0.25) is 0 Å². The fourth-order valence-electron chi connectivity index (χ4n) is 6.34. The molecular weight excluding hydrogens is 701 g/mol. The molecule has 0 aromatic heterocycles. The monoisotopic (exact) mass is 744 g/mol. The molecule has 13 heteroatoms. The Morgan fingerprint density at radius 2 is 1.56 bits per heavy atom. The molecule has 4 aromatic rings. The molecular formula is C39H44N4O7S2. The van der Waals surface area contributed by atoms with Crippen LogP contribution >= 0.6 is 11.8 Å². The number of sulfone groups is 1. The number of aliphatic hydroxyl groups excluding tert-OH is 1. The van der Waals surface area contributed by atoms with Crippen molar-refractivity contribution in [1.82, 2.24) is 20.9 Å². The highest BCUT2D eigenvalue weighted by Crippen LogP contribution is 2.40. The maximum Gasteiger partial charge on any atom is 0.254 e. The average Bonchev–Trinajstić information content (AvgIpc) is 3.44. The molecule has 0 saturated carbocycles. The second-order valence-corrected chi connectivity index (χ2v) is 17.2. The first-order chi connectivity index (χ1) is 24.7. The van der Waals surface area contributed by atoms with Crippen LogP contribution in [0, 0.1) is 6.92 Å². The molecule has 1 aliphatic heterocycles. The van der Waals surface area contributed by atoms with Gasteiger partial charge in [-0.1, -0.05) is 84.9 Å². The number of rotatable bonds is 13. The van der Waals surface area contributed by atoms with Crippen LogP contribution in [0.15, 0.2) is 102 Å². The highest BCUT2D eigenvalue weighted by atomic mass is 32.2. The van der Waals surface area contributed by atoms with E-state index in [4.69, 9.17) is 0 Å². The minimum absolute atomic E-state index is 0.00176. The summed E-state index contributed by atoms with van der Waals surface area (Å²) in [5, 5.41) is 21.3. The zero-order valence-electron chi connectivity index (χ0n) is 29.5. The molecule has 4 atom stereocenters. The van der Waals surface area contributed by atoms with Crippen LogP contribution in [0.4, 0.5) is 0 Å². The van der Waals surface area contributed by atoms with E-state index in [1.54, 1.807) is 48.5 Å². The minimum atomic E-state index is -4.10. The predicted octanol–water partition coefficient (Wildman–Crippen LogP) is 3.51. The molecule has 5 rings (SSSR count). The van der Waals surface area contributed by atoms with Crippen molar-refractivity contribution in [2.45, 2.75) is 74.5 Å². The van der Waals surface area contributed by atoms with E-state index >= 15 is 0 Å². The number of hydrogen-bond donors (Lipinski definition) is 4. The van der Waals surface area contributed by atoms with Crippen LogP contribution in [0.3, 0.4) is 0 Å². The highest BCUT2D eigenvalue weighted by Gasteiger charge is 2.50. The number of carbonyl (C=O) groups is 4. The van der Waals surface area contributed by atoms with Gasteiger partial charge in [0.05, 0.1) is 22.6 Å². The lowest BCUT2D eigenvalue weighted by atomic mass is 9.97. The zero-order chi connectivity index (χ0) is 37.6. The van der Waals surface area contributed by atoms with Crippen molar-refractivity contribution in [3.8, 4) is 0 Å². The van der Waals surface area contributed by atoms with Gasteiger partial charge in [0, 0.05) is 18.2 Å². The van der Waals surface area contributed by atoms with Gasteiger partial charge >= 0.3 is 0 Å². The van der Waals surface area contributed by atoms with E-state index in [1.807, 2.05) is 57.2 Å². The first-order valence-electron chi connectivity index (χ1n) is 16.9. The number of hydrogen-bond acceptors (Lipinski definition) is 8. The first-order valence-corrected chi connectivity index (χ1v) is 19.6. The third-order valence-electron chi connectivity index (χ3n) is 9.21. The Morgan fingerprint density at radius 1 is 0.904 bits per heavy atom. The number of thioether (sulfide) groups is 1. The zero-order valence-corrected chi connectivity index (χ0v) is 31.2. The standard InChI is InChI=1S/C39H44N4O7S2/c1-25-12-8-9-17-30(25)22-40-37(47)35-39(3,4)51-24-43(35)38(48)34(45)32(20-27-13-6-5-7-14-27)42-36(46)33(41-26(2)44)23-52(49,50)31-19-18-28-15-10-11-16-29(28)21-31/h5-19,21,32-35,45H,20,22-24H2,1-4H3,(H,40,47)(H,41,44)(H,42,46)/t32-,33+,34-,35+/m0/s1. The van der Waals surface area contributed by atoms with Crippen molar-refractivity contribution in [3.05, 3.63) is 114 Å². The fraction of sp³-hybridized carbons (Fsp3) is 0.333. The molecule has 0 spiro atoms. The number of benzene rings is 4. The Bertz CT molecular complexity index is 2060. The summed E-state index contributed by atoms with van der Waals surface area (Å²) in [4.78, 5) is 55.2. The summed E-state index contributed by atoms with van der Waals surface area (Å²) < 4.78 is 26.5. The van der Waals surface area contributed by atoms with Crippen LogP contribution in [0.1, 0.15) is 37.5 Å². The van der Waals surface area contributed by atoms with Crippen LogP contribution in [0.25, 0.3) is 10.8 Å². The van der Waals surface area contributed by atoms with Crippen LogP contribution in [0.5, 0.6) is 0 Å². The average molecular weight is 745 g/mol. The number of aliphatic hydroxyl groups is 1. The molecule has 1 heterocycles. The van der Waals surface area contributed by atoms with Gasteiger partial charge in [0.15, 0.2) is 15.9 Å². The van der Waals surface area contributed by atoms with Crippen molar-refractivity contribution in [1.29, 1.82) is 0 Å². The van der Waals surface area contributed by atoms with Crippen molar-refractivity contribution in [3.63, 3.8) is 0 Å². The Morgan fingerprint density at radius 3 is 2.25 bits per heavy atom. The quantitative estimate of drug-likeness (QED) is 0.162. The molecule has 0 bridgehead atoms. The highest BCUT2D eigenvalue weighted by molar-refractivity contribution is 8.00. The first kappa shape index (κ1) is 38.5. The third-order valence-corrected chi connectivity index (χ3v) is 12.3. The predicted molar refractivity (Wildman–Crippen MR) is 202 cm³/mol. The van der Waals surface area contributed by atoms with Crippen LogP contribution in [-0.2, 0) is 42.0 Å². The molecule has 1 fully saturated rings. The summed E-state index contributed by atoms with van der Waals surface area (Å²) in [5.74, 6) is -3.33. The Labute approximate surface area is 308 Å². The van der Waals surface area contributed by atoms with Crippen molar-refractivity contribution in [2.24, 2.45) is 0 Å². The van der Waals surface area contributed by atoms with Gasteiger partial charge in [-0.05, 0) is 66.8 Å². The smallest absolute Gasteiger partial charge is 0.254 e. The normalized spacial score (nSPS) is 17.2. The second kappa shape index (κ2) is 16.3.